The van der Waals surface area contributed by atoms with Crippen LogP contribution in [0, 0.1) is 0 Å². The molecule has 0 atom stereocenters. The van der Waals surface area contributed by atoms with E-state index in [0.717, 1.165) is 16.8 Å². The van der Waals surface area contributed by atoms with Crippen molar-refractivity contribution in [2.24, 2.45) is 10.7 Å². The van der Waals surface area contributed by atoms with Gasteiger partial charge in [-0.3, -0.25) is 9.59 Å². The molecule has 0 saturated heterocycles. The van der Waals surface area contributed by atoms with Gasteiger partial charge in [0.2, 0.25) is 5.91 Å². The Labute approximate surface area is 156 Å². The lowest BCUT2D eigenvalue weighted by Crippen LogP contribution is -2.29. The molecule has 5 nitrogen and oxygen atoms in total. The fourth-order valence-electron chi connectivity index (χ4n) is 3.12. The molecule has 0 saturated carbocycles. The van der Waals surface area contributed by atoms with E-state index in [1.807, 2.05) is 54.6 Å². The maximum absolute atomic E-state index is 13.1. The number of primary amides is 1. The predicted molar refractivity (Wildman–Crippen MR) is 105 cm³/mol. The van der Waals surface area contributed by atoms with Gasteiger partial charge >= 0.3 is 0 Å². The summed E-state index contributed by atoms with van der Waals surface area (Å²) in [5, 5.41) is 0. The number of hydrogen-bond acceptors (Lipinski definition) is 3. The van der Waals surface area contributed by atoms with Crippen LogP contribution >= 0.6 is 0 Å². The highest BCUT2D eigenvalue weighted by Gasteiger charge is 2.33. The van der Waals surface area contributed by atoms with Crippen molar-refractivity contribution in [2.75, 3.05) is 4.90 Å². The van der Waals surface area contributed by atoms with Gasteiger partial charge in [0.1, 0.15) is 5.71 Å². The minimum Gasteiger partial charge on any atom is -0.366 e. The molecule has 0 spiro atoms. The van der Waals surface area contributed by atoms with Crippen LogP contribution in [0.1, 0.15) is 21.5 Å². The van der Waals surface area contributed by atoms with Gasteiger partial charge in [0.05, 0.1) is 17.9 Å². The van der Waals surface area contributed by atoms with Crippen molar-refractivity contribution in [3.8, 4) is 0 Å². The van der Waals surface area contributed by atoms with E-state index in [0.29, 0.717) is 23.5 Å². The average molecular weight is 355 g/mol. The van der Waals surface area contributed by atoms with E-state index >= 15 is 0 Å². The van der Waals surface area contributed by atoms with E-state index in [-0.39, 0.29) is 5.91 Å². The number of rotatable bonds is 4. The molecule has 1 aliphatic rings. The first-order chi connectivity index (χ1) is 13.1. The van der Waals surface area contributed by atoms with Crippen molar-refractivity contribution in [3.63, 3.8) is 0 Å². The van der Waals surface area contributed by atoms with Gasteiger partial charge in [-0.2, -0.15) is 0 Å². The van der Waals surface area contributed by atoms with Gasteiger partial charge in [-0.1, -0.05) is 48.5 Å². The largest absolute Gasteiger partial charge is 0.366 e. The number of nitrogens with two attached hydrogens (primary N) is 1. The van der Waals surface area contributed by atoms with Crippen LogP contribution in [0.15, 0.2) is 83.9 Å². The van der Waals surface area contributed by atoms with Gasteiger partial charge in [-0.15, -0.1) is 0 Å². The van der Waals surface area contributed by atoms with Crippen LogP contribution in [0.5, 0.6) is 0 Å². The topological polar surface area (TPSA) is 75.8 Å². The van der Waals surface area contributed by atoms with Crippen LogP contribution in [0.2, 0.25) is 0 Å². The third-order valence-corrected chi connectivity index (χ3v) is 4.47. The van der Waals surface area contributed by atoms with Gasteiger partial charge in [0.25, 0.3) is 5.91 Å². The Bertz CT molecular complexity index is 1040. The standard InChI is InChI=1S/C22H17N3O2/c23-21(26)16-10-12-17(13-11-16)24-20-18-8-4-5-9-19(18)25(22(20)27)14-15-6-2-1-3-7-15/h1-13H,14H2,(H2,23,26). The SMILES string of the molecule is NC(=O)c1ccc(N=C2C(=O)N(Cc3ccccc3)c3ccccc32)cc1. The maximum Gasteiger partial charge on any atom is 0.277 e. The van der Waals surface area contributed by atoms with Crippen LogP contribution < -0.4 is 10.6 Å². The Balaban J connectivity index is 1.71. The fourth-order valence-corrected chi connectivity index (χ4v) is 3.12. The minimum atomic E-state index is -0.495. The molecule has 27 heavy (non-hydrogen) atoms. The zero-order valence-corrected chi connectivity index (χ0v) is 14.5. The first kappa shape index (κ1) is 16.7. The van der Waals surface area contributed by atoms with E-state index < -0.39 is 5.91 Å². The third-order valence-electron chi connectivity index (χ3n) is 4.47. The summed E-state index contributed by atoms with van der Waals surface area (Å²) in [7, 11) is 0. The van der Waals surface area contributed by atoms with Crippen LogP contribution in [0.3, 0.4) is 0 Å². The summed E-state index contributed by atoms with van der Waals surface area (Å²) in [6, 6.07) is 24.1. The van der Waals surface area contributed by atoms with Gasteiger partial charge in [-0.25, -0.2) is 4.99 Å². The molecule has 4 rings (SSSR count). The highest BCUT2D eigenvalue weighted by Crippen LogP contribution is 2.32. The highest BCUT2D eigenvalue weighted by molar-refractivity contribution is 6.54. The van der Waals surface area contributed by atoms with Crippen LogP contribution in [0.25, 0.3) is 0 Å². The minimum absolute atomic E-state index is 0.140. The van der Waals surface area contributed by atoms with E-state index in [1.165, 1.54) is 0 Å². The third kappa shape index (κ3) is 3.22. The summed E-state index contributed by atoms with van der Waals surface area (Å²) < 4.78 is 0. The molecule has 0 unspecified atom stereocenters. The Morgan fingerprint density at radius 3 is 2.26 bits per heavy atom. The number of anilines is 1. The molecular formula is C22H17N3O2. The summed E-state index contributed by atoms with van der Waals surface area (Å²) in [4.78, 5) is 30.6. The second kappa shape index (κ2) is 6.88. The Morgan fingerprint density at radius 1 is 0.889 bits per heavy atom. The van der Waals surface area contributed by atoms with Crippen LogP contribution in [-0.2, 0) is 11.3 Å². The van der Waals surface area contributed by atoms with Crippen molar-refractivity contribution in [1.29, 1.82) is 0 Å². The quantitative estimate of drug-likeness (QED) is 0.778. The van der Waals surface area contributed by atoms with Gasteiger partial charge in [0, 0.05) is 11.1 Å². The second-order valence-electron chi connectivity index (χ2n) is 6.27. The molecule has 132 valence electrons. The van der Waals surface area contributed by atoms with Gasteiger partial charge < -0.3 is 10.6 Å². The van der Waals surface area contributed by atoms with Crippen molar-refractivity contribution in [2.45, 2.75) is 6.54 Å². The fraction of sp³-hybridized carbons (Fsp3) is 0.0455. The molecule has 0 radical (unpaired) electrons. The molecule has 0 aliphatic carbocycles. The van der Waals surface area contributed by atoms with Crippen molar-refractivity contribution < 1.29 is 9.59 Å². The van der Waals surface area contributed by atoms with E-state index in [4.69, 9.17) is 5.73 Å². The number of carbonyl (C=O) groups excluding carboxylic acids is 2. The lowest BCUT2D eigenvalue weighted by molar-refractivity contribution is -0.112. The van der Waals surface area contributed by atoms with E-state index in [9.17, 15) is 9.59 Å². The van der Waals surface area contributed by atoms with Crippen molar-refractivity contribution in [1.82, 2.24) is 0 Å². The Kier molecular flexibility index (Phi) is 4.26. The number of benzene rings is 3. The normalized spacial score (nSPS) is 14.4. The first-order valence-corrected chi connectivity index (χ1v) is 8.57. The highest BCUT2D eigenvalue weighted by atomic mass is 16.2. The number of fused-ring (bicyclic) bond motifs is 1. The average Bonchev–Trinajstić information content (AvgIpc) is 2.95. The van der Waals surface area contributed by atoms with Gasteiger partial charge in [0.15, 0.2) is 0 Å². The summed E-state index contributed by atoms with van der Waals surface area (Å²) in [6.45, 7) is 0.482. The van der Waals surface area contributed by atoms with E-state index in [1.54, 1.807) is 29.2 Å². The van der Waals surface area contributed by atoms with Crippen LogP contribution in [0.4, 0.5) is 11.4 Å². The predicted octanol–water partition coefficient (Wildman–Crippen LogP) is 3.45. The molecule has 0 bridgehead atoms. The Hall–Kier alpha value is -3.73. The molecule has 3 aromatic rings. The summed E-state index contributed by atoms with van der Waals surface area (Å²) >= 11 is 0. The lowest BCUT2D eigenvalue weighted by Gasteiger charge is -2.16. The first-order valence-electron chi connectivity index (χ1n) is 8.57. The van der Waals surface area contributed by atoms with Crippen molar-refractivity contribution in [3.05, 3.63) is 95.6 Å². The molecule has 0 aromatic heterocycles. The molecule has 2 N–H and O–H groups in total. The van der Waals surface area contributed by atoms with E-state index in [2.05, 4.69) is 4.99 Å². The molecule has 2 amide bonds. The lowest BCUT2D eigenvalue weighted by atomic mass is 10.1. The number of aliphatic imine (C=N–C) groups is 1. The van der Waals surface area contributed by atoms with Crippen molar-refractivity contribution >= 4 is 28.9 Å². The zero-order chi connectivity index (χ0) is 18.8. The molecule has 1 heterocycles. The number of carbonyl (C=O) groups is 2. The number of nitrogens with zero attached hydrogens (tertiary/aromatic N) is 2. The second-order valence-corrected chi connectivity index (χ2v) is 6.27. The van der Waals surface area contributed by atoms with Gasteiger partial charge in [-0.05, 0) is 35.9 Å². The van der Waals surface area contributed by atoms with Crippen LogP contribution in [-0.4, -0.2) is 17.5 Å². The summed E-state index contributed by atoms with van der Waals surface area (Å²) in [6.07, 6.45) is 0. The number of para-hydroxylation sites is 1. The maximum atomic E-state index is 13.1. The summed E-state index contributed by atoms with van der Waals surface area (Å²) in [5.41, 5.74) is 9.37. The monoisotopic (exact) mass is 355 g/mol. The Morgan fingerprint density at radius 2 is 1.56 bits per heavy atom. The molecule has 3 aromatic carbocycles. The number of amides is 2. The molecule has 0 fully saturated rings. The molecular weight excluding hydrogens is 338 g/mol. The zero-order valence-electron chi connectivity index (χ0n) is 14.5. The molecule has 5 heteroatoms. The smallest absolute Gasteiger partial charge is 0.277 e. The summed E-state index contributed by atoms with van der Waals surface area (Å²) in [5.74, 6) is -0.635. The number of hydrogen-bond donors (Lipinski definition) is 1. The molecule has 1 aliphatic heterocycles.